The van der Waals surface area contributed by atoms with Crippen molar-refractivity contribution >= 4 is 12.2 Å². The van der Waals surface area contributed by atoms with Crippen LogP contribution in [0.3, 0.4) is 0 Å². The SMILES string of the molecule is CCN1CCN(Cn2nc(-c3cccnc3)n(C3CC3)c2=S)CC1. The van der Waals surface area contributed by atoms with Crippen molar-refractivity contribution in [2.75, 3.05) is 32.7 Å². The standard InChI is InChI=1S/C17H24N6S/c1-2-20-8-10-21(11-9-20)13-22-17(24)23(15-5-6-15)16(19-22)14-4-3-7-18-12-14/h3-4,7,12,15H,2,5-6,8-11,13H2,1H3. The molecule has 6 nitrogen and oxygen atoms in total. The highest BCUT2D eigenvalue weighted by Crippen LogP contribution is 2.38. The van der Waals surface area contributed by atoms with Crippen LogP contribution in [0.4, 0.5) is 0 Å². The first-order chi connectivity index (χ1) is 11.8. The fourth-order valence-electron chi connectivity index (χ4n) is 3.30. The Hall–Kier alpha value is -1.57. The van der Waals surface area contributed by atoms with Crippen molar-refractivity contribution in [3.63, 3.8) is 0 Å². The van der Waals surface area contributed by atoms with E-state index in [4.69, 9.17) is 17.3 Å². The molecule has 24 heavy (non-hydrogen) atoms. The zero-order valence-electron chi connectivity index (χ0n) is 14.1. The van der Waals surface area contributed by atoms with E-state index in [0.29, 0.717) is 6.04 Å². The summed E-state index contributed by atoms with van der Waals surface area (Å²) in [6.45, 7) is 8.55. The topological polar surface area (TPSA) is 42.1 Å². The van der Waals surface area contributed by atoms with Crippen molar-refractivity contribution in [3.05, 3.63) is 29.3 Å². The van der Waals surface area contributed by atoms with Crippen molar-refractivity contribution in [1.29, 1.82) is 0 Å². The van der Waals surface area contributed by atoms with Gasteiger partial charge in [-0.05, 0) is 43.7 Å². The van der Waals surface area contributed by atoms with E-state index in [1.165, 1.54) is 12.8 Å². The van der Waals surface area contributed by atoms with Gasteiger partial charge in [0.2, 0.25) is 0 Å². The third-order valence-electron chi connectivity index (χ3n) is 4.95. The number of piperazine rings is 1. The molecule has 2 aliphatic rings. The number of nitrogens with zero attached hydrogens (tertiary/aromatic N) is 6. The summed E-state index contributed by atoms with van der Waals surface area (Å²) in [5, 5.41) is 4.85. The predicted molar refractivity (Wildman–Crippen MR) is 96.2 cm³/mol. The summed E-state index contributed by atoms with van der Waals surface area (Å²) in [5.41, 5.74) is 1.05. The molecule has 0 N–H and O–H groups in total. The molecule has 2 aromatic rings. The molecular weight excluding hydrogens is 320 g/mol. The summed E-state index contributed by atoms with van der Waals surface area (Å²) in [7, 11) is 0. The average Bonchev–Trinajstić information content (AvgIpc) is 3.41. The van der Waals surface area contributed by atoms with Crippen molar-refractivity contribution in [1.82, 2.24) is 29.1 Å². The van der Waals surface area contributed by atoms with Crippen LogP contribution in [0.2, 0.25) is 0 Å². The Labute approximate surface area is 147 Å². The summed E-state index contributed by atoms with van der Waals surface area (Å²) in [6, 6.07) is 4.53. The van der Waals surface area contributed by atoms with E-state index in [1.807, 2.05) is 16.9 Å². The molecule has 0 radical (unpaired) electrons. The van der Waals surface area contributed by atoms with Crippen LogP contribution in [-0.4, -0.2) is 61.9 Å². The zero-order valence-corrected chi connectivity index (χ0v) is 15.0. The second-order valence-electron chi connectivity index (χ2n) is 6.64. The van der Waals surface area contributed by atoms with Crippen molar-refractivity contribution in [2.24, 2.45) is 0 Å². The molecular formula is C17H24N6S. The highest BCUT2D eigenvalue weighted by molar-refractivity contribution is 7.71. The molecule has 1 saturated heterocycles. The number of aromatic nitrogens is 4. The van der Waals surface area contributed by atoms with Crippen LogP contribution in [0.1, 0.15) is 25.8 Å². The summed E-state index contributed by atoms with van der Waals surface area (Å²) in [4.78, 5) is 9.17. The van der Waals surface area contributed by atoms with E-state index >= 15 is 0 Å². The molecule has 2 fully saturated rings. The highest BCUT2D eigenvalue weighted by Gasteiger charge is 2.29. The maximum absolute atomic E-state index is 5.75. The Morgan fingerprint density at radius 2 is 1.92 bits per heavy atom. The lowest BCUT2D eigenvalue weighted by molar-refractivity contribution is 0.106. The molecule has 7 heteroatoms. The molecule has 4 rings (SSSR count). The Balaban J connectivity index is 1.59. The first kappa shape index (κ1) is 15.9. The zero-order chi connectivity index (χ0) is 16.5. The molecule has 0 atom stereocenters. The van der Waals surface area contributed by atoms with Crippen LogP contribution in [0.5, 0.6) is 0 Å². The van der Waals surface area contributed by atoms with E-state index in [2.05, 4.69) is 32.3 Å². The van der Waals surface area contributed by atoms with Crippen LogP contribution in [0.15, 0.2) is 24.5 Å². The Kier molecular flexibility index (Phi) is 4.47. The number of pyridine rings is 1. The lowest BCUT2D eigenvalue weighted by Gasteiger charge is -2.33. The molecule has 0 unspecified atom stereocenters. The van der Waals surface area contributed by atoms with Gasteiger partial charge in [0.1, 0.15) is 0 Å². The van der Waals surface area contributed by atoms with Gasteiger partial charge in [0, 0.05) is 50.2 Å². The second kappa shape index (κ2) is 6.74. The minimum absolute atomic E-state index is 0.512. The molecule has 1 aliphatic heterocycles. The fourth-order valence-corrected chi connectivity index (χ4v) is 3.64. The lowest BCUT2D eigenvalue weighted by atomic mass is 10.3. The molecule has 1 aliphatic carbocycles. The molecule has 3 heterocycles. The number of likely N-dealkylation sites (N-methyl/N-ethyl adjacent to an activating group) is 1. The van der Waals surface area contributed by atoms with E-state index in [1.54, 1.807) is 6.20 Å². The van der Waals surface area contributed by atoms with Crippen LogP contribution >= 0.6 is 12.2 Å². The first-order valence-corrected chi connectivity index (χ1v) is 9.21. The van der Waals surface area contributed by atoms with Gasteiger partial charge >= 0.3 is 0 Å². The third kappa shape index (κ3) is 3.16. The Bertz CT molecular complexity index is 740. The first-order valence-electron chi connectivity index (χ1n) is 8.80. The van der Waals surface area contributed by atoms with Crippen molar-refractivity contribution in [2.45, 2.75) is 32.5 Å². The number of rotatable bonds is 5. The fraction of sp³-hybridized carbons (Fsp3) is 0.588. The number of hydrogen-bond acceptors (Lipinski definition) is 5. The minimum Gasteiger partial charge on any atom is -0.301 e. The van der Waals surface area contributed by atoms with Crippen LogP contribution < -0.4 is 0 Å². The monoisotopic (exact) mass is 344 g/mol. The van der Waals surface area contributed by atoms with E-state index < -0.39 is 0 Å². The molecule has 0 aromatic carbocycles. The molecule has 2 aromatic heterocycles. The van der Waals surface area contributed by atoms with Crippen LogP contribution in [0.25, 0.3) is 11.4 Å². The summed E-state index contributed by atoms with van der Waals surface area (Å²) in [6.07, 6.45) is 6.06. The second-order valence-corrected chi connectivity index (χ2v) is 7.01. The molecule has 1 saturated carbocycles. The predicted octanol–water partition coefficient (Wildman–Crippen LogP) is 2.41. The smallest absolute Gasteiger partial charge is 0.199 e. The van der Waals surface area contributed by atoms with E-state index in [-0.39, 0.29) is 0 Å². The number of hydrogen-bond donors (Lipinski definition) is 0. The van der Waals surface area contributed by atoms with Gasteiger partial charge in [-0.3, -0.25) is 14.5 Å². The van der Waals surface area contributed by atoms with Gasteiger partial charge in [-0.1, -0.05) is 6.92 Å². The largest absolute Gasteiger partial charge is 0.301 e. The molecule has 0 bridgehead atoms. The van der Waals surface area contributed by atoms with Gasteiger partial charge in [-0.2, -0.15) is 5.10 Å². The van der Waals surface area contributed by atoms with Gasteiger partial charge in [-0.25, -0.2) is 4.68 Å². The van der Waals surface area contributed by atoms with Crippen LogP contribution in [0, 0.1) is 4.77 Å². The van der Waals surface area contributed by atoms with Gasteiger partial charge in [-0.15, -0.1) is 0 Å². The van der Waals surface area contributed by atoms with Gasteiger partial charge in [0.15, 0.2) is 10.6 Å². The molecule has 128 valence electrons. The average molecular weight is 344 g/mol. The summed E-state index contributed by atoms with van der Waals surface area (Å²) in [5.74, 6) is 0.961. The Morgan fingerprint density at radius 1 is 1.17 bits per heavy atom. The van der Waals surface area contributed by atoms with Gasteiger partial charge in [0.25, 0.3) is 0 Å². The quantitative estimate of drug-likeness (QED) is 0.779. The molecule has 0 amide bonds. The van der Waals surface area contributed by atoms with Crippen LogP contribution in [-0.2, 0) is 6.67 Å². The van der Waals surface area contributed by atoms with E-state index in [0.717, 1.165) is 55.6 Å². The van der Waals surface area contributed by atoms with Crippen molar-refractivity contribution in [3.8, 4) is 11.4 Å². The summed E-state index contributed by atoms with van der Waals surface area (Å²) >= 11 is 5.75. The van der Waals surface area contributed by atoms with Crippen molar-refractivity contribution < 1.29 is 0 Å². The van der Waals surface area contributed by atoms with Gasteiger partial charge < -0.3 is 4.90 Å². The minimum atomic E-state index is 0.512. The molecule has 0 spiro atoms. The Morgan fingerprint density at radius 3 is 2.54 bits per heavy atom. The lowest BCUT2D eigenvalue weighted by Crippen LogP contribution is -2.46. The summed E-state index contributed by atoms with van der Waals surface area (Å²) < 4.78 is 5.07. The third-order valence-corrected chi connectivity index (χ3v) is 5.36. The highest BCUT2D eigenvalue weighted by atomic mass is 32.1. The van der Waals surface area contributed by atoms with Gasteiger partial charge in [0.05, 0.1) is 6.67 Å². The normalized spacial score (nSPS) is 19.7. The van der Waals surface area contributed by atoms with E-state index in [9.17, 15) is 0 Å². The maximum atomic E-state index is 5.75. The maximum Gasteiger partial charge on any atom is 0.199 e.